The number of piperidine rings is 1. The Labute approximate surface area is 171 Å². The van der Waals surface area contributed by atoms with Gasteiger partial charge >= 0.3 is 6.03 Å². The molecule has 1 aliphatic carbocycles. The van der Waals surface area contributed by atoms with Gasteiger partial charge in [0.2, 0.25) is 0 Å². The van der Waals surface area contributed by atoms with Crippen molar-refractivity contribution < 1.29 is 9.53 Å². The van der Waals surface area contributed by atoms with Crippen LogP contribution in [0.25, 0.3) is 0 Å². The number of nitrogens with one attached hydrogen (secondary N) is 2. The number of aryl methyl sites for hydroxylation is 2. The number of fused-ring (bicyclic) bond motifs is 1. The summed E-state index contributed by atoms with van der Waals surface area (Å²) in [5.41, 5.74) is 3.37. The fourth-order valence-electron chi connectivity index (χ4n) is 4.46. The van der Waals surface area contributed by atoms with Gasteiger partial charge in [-0.2, -0.15) is 0 Å². The van der Waals surface area contributed by atoms with Gasteiger partial charge in [0.05, 0.1) is 13.2 Å². The van der Waals surface area contributed by atoms with Crippen LogP contribution in [-0.2, 0) is 6.42 Å². The quantitative estimate of drug-likeness (QED) is 0.832. The number of ether oxygens (including phenoxy) is 1. The highest BCUT2D eigenvalue weighted by atomic mass is 16.5. The van der Waals surface area contributed by atoms with E-state index < -0.39 is 0 Å². The highest BCUT2D eigenvalue weighted by Gasteiger charge is 2.28. The van der Waals surface area contributed by atoms with Gasteiger partial charge in [-0.05, 0) is 56.7 Å². The Morgan fingerprint density at radius 1 is 1.14 bits per heavy atom. The van der Waals surface area contributed by atoms with E-state index in [0.29, 0.717) is 0 Å². The molecule has 1 aromatic heterocycles. The Kier molecular flexibility index (Phi) is 5.56. The molecule has 2 aliphatic rings. The lowest BCUT2D eigenvalue weighted by atomic mass is 10.0. The number of amides is 2. The molecule has 1 aliphatic heterocycles. The highest BCUT2D eigenvalue weighted by molar-refractivity contribution is 5.75. The highest BCUT2D eigenvalue weighted by Crippen LogP contribution is 2.36. The molecule has 7 nitrogen and oxygen atoms in total. The standard InChI is InChI=1S/C22H29N5O2/c1-14-13-21(24-15(2)23-14)27-11-9-16(10-12-27)25-22(28)26-19-8-7-18-17(19)5-4-6-20(18)29-3/h4-6,13,16,19H,7-12H2,1-3H3,(H2,25,26,28). The van der Waals surface area contributed by atoms with Gasteiger partial charge < -0.3 is 20.3 Å². The molecule has 0 spiro atoms. The number of aromatic nitrogens is 2. The number of anilines is 1. The molecule has 1 atom stereocenters. The molecule has 1 aromatic carbocycles. The van der Waals surface area contributed by atoms with Crippen LogP contribution in [0.2, 0.25) is 0 Å². The van der Waals surface area contributed by atoms with Gasteiger partial charge in [-0.3, -0.25) is 0 Å². The lowest BCUT2D eigenvalue weighted by molar-refractivity contribution is 0.230. The van der Waals surface area contributed by atoms with E-state index in [1.165, 1.54) is 11.1 Å². The van der Waals surface area contributed by atoms with Gasteiger partial charge in [0.25, 0.3) is 0 Å². The molecule has 1 unspecified atom stereocenters. The van der Waals surface area contributed by atoms with Crippen molar-refractivity contribution >= 4 is 11.8 Å². The molecule has 1 saturated heterocycles. The van der Waals surface area contributed by atoms with Crippen LogP contribution >= 0.6 is 0 Å². The predicted octanol–water partition coefficient (Wildman–Crippen LogP) is 3.06. The Hall–Kier alpha value is -2.83. The third-order valence-corrected chi connectivity index (χ3v) is 5.86. The van der Waals surface area contributed by atoms with Crippen molar-refractivity contribution in [2.45, 2.75) is 51.6 Å². The van der Waals surface area contributed by atoms with Gasteiger partial charge in [0, 0.05) is 30.9 Å². The van der Waals surface area contributed by atoms with E-state index in [0.717, 1.165) is 61.9 Å². The van der Waals surface area contributed by atoms with Crippen LogP contribution in [-0.4, -0.2) is 42.2 Å². The summed E-state index contributed by atoms with van der Waals surface area (Å²) in [6.07, 6.45) is 3.66. The molecule has 7 heteroatoms. The van der Waals surface area contributed by atoms with E-state index in [4.69, 9.17) is 4.74 Å². The third kappa shape index (κ3) is 4.28. The first-order valence-corrected chi connectivity index (χ1v) is 10.3. The number of hydrogen-bond acceptors (Lipinski definition) is 5. The van der Waals surface area contributed by atoms with Crippen LogP contribution in [0.15, 0.2) is 24.3 Å². The first-order valence-electron chi connectivity index (χ1n) is 10.3. The van der Waals surface area contributed by atoms with E-state index in [2.05, 4.69) is 31.6 Å². The van der Waals surface area contributed by atoms with E-state index in [1.54, 1.807) is 7.11 Å². The maximum atomic E-state index is 12.6. The topological polar surface area (TPSA) is 79.4 Å². The molecule has 1 fully saturated rings. The fraction of sp³-hybridized carbons (Fsp3) is 0.500. The largest absolute Gasteiger partial charge is 0.496 e. The Bertz CT molecular complexity index is 873. The molecule has 2 N–H and O–H groups in total. The van der Waals surface area contributed by atoms with Crippen molar-refractivity contribution in [2.75, 3.05) is 25.1 Å². The smallest absolute Gasteiger partial charge is 0.315 e. The minimum Gasteiger partial charge on any atom is -0.496 e. The second kappa shape index (κ2) is 8.27. The number of carbonyl (C=O) groups is 1. The zero-order chi connectivity index (χ0) is 20.4. The molecule has 0 saturated carbocycles. The van der Waals surface area contributed by atoms with Gasteiger partial charge in [0.15, 0.2) is 0 Å². The molecule has 0 radical (unpaired) electrons. The summed E-state index contributed by atoms with van der Waals surface area (Å²) in [5, 5.41) is 6.31. The Balaban J connectivity index is 1.30. The molecule has 0 bridgehead atoms. The van der Waals surface area contributed by atoms with Crippen LogP contribution in [0.3, 0.4) is 0 Å². The van der Waals surface area contributed by atoms with Crippen molar-refractivity contribution in [3.05, 3.63) is 46.9 Å². The maximum Gasteiger partial charge on any atom is 0.315 e. The first kappa shape index (κ1) is 19.5. The second-order valence-corrected chi connectivity index (χ2v) is 7.91. The summed E-state index contributed by atoms with van der Waals surface area (Å²) in [4.78, 5) is 23.8. The zero-order valence-corrected chi connectivity index (χ0v) is 17.4. The van der Waals surface area contributed by atoms with Crippen LogP contribution in [0.4, 0.5) is 10.6 Å². The summed E-state index contributed by atoms with van der Waals surface area (Å²) in [5.74, 6) is 2.69. The fourth-order valence-corrected chi connectivity index (χ4v) is 4.46. The van der Waals surface area contributed by atoms with Crippen molar-refractivity contribution in [1.29, 1.82) is 0 Å². The Morgan fingerprint density at radius 2 is 1.93 bits per heavy atom. The molecular formula is C22H29N5O2. The lowest BCUT2D eigenvalue weighted by Crippen LogP contribution is -2.48. The van der Waals surface area contributed by atoms with Gasteiger partial charge in [0.1, 0.15) is 17.4 Å². The van der Waals surface area contributed by atoms with Crippen LogP contribution in [0.5, 0.6) is 5.75 Å². The van der Waals surface area contributed by atoms with Crippen molar-refractivity contribution in [3.8, 4) is 5.75 Å². The van der Waals surface area contributed by atoms with Gasteiger partial charge in [-0.15, -0.1) is 0 Å². The zero-order valence-electron chi connectivity index (χ0n) is 17.4. The SMILES string of the molecule is COc1cccc2c1CCC2NC(=O)NC1CCN(c2cc(C)nc(C)n2)CC1. The van der Waals surface area contributed by atoms with E-state index >= 15 is 0 Å². The molecule has 2 amide bonds. The predicted molar refractivity (Wildman–Crippen MR) is 112 cm³/mol. The van der Waals surface area contributed by atoms with Crippen molar-refractivity contribution in [2.24, 2.45) is 0 Å². The first-order chi connectivity index (χ1) is 14.0. The number of benzene rings is 1. The maximum absolute atomic E-state index is 12.6. The molecule has 2 aromatic rings. The van der Waals surface area contributed by atoms with Gasteiger partial charge in [-0.25, -0.2) is 14.8 Å². The molecule has 4 rings (SSSR count). The molecular weight excluding hydrogens is 366 g/mol. The number of methoxy groups -OCH3 is 1. The summed E-state index contributed by atoms with van der Waals surface area (Å²) >= 11 is 0. The number of urea groups is 1. The van der Waals surface area contributed by atoms with Crippen molar-refractivity contribution in [3.63, 3.8) is 0 Å². The molecule has 2 heterocycles. The Morgan fingerprint density at radius 3 is 2.66 bits per heavy atom. The second-order valence-electron chi connectivity index (χ2n) is 7.91. The van der Waals surface area contributed by atoms with Crippen molar-refractivity contribution in [1.82, 2.24) is 20.6 Å². The average molecular weight is 396 g/mol. The average Bonchev–Trinajstić information content (AvgIpc) is 3.10. The van der Waals surface area contributed by atoms with E-state index in [9.17, 15) is 4.79 Å². The van der Waals surface area contributed by atoms with Crippen LogP contribution in [0.1, 0.15) is 47.9 Å². The molecule has 29 heavy (non-hydrogen) atoms. The van der Waals surface area contributed by atoms with E-state index in [1.807, 2.05) is 32.0 Å². The number of rotatable bonds is 4. The number of hydrogen-bond donors (Lipinski definition) is 2. The monoisotopic (exact) mass is 395 g/mol. The minimum atomic E-state index is -0.0853. The number of nitrogens with zero attached hydrogens (tertiary/aromatic N) is 3. The normalized spacial score (nSPS) is 19.0. The van der Waals surface area contributed by atoms with Gasteiger partial charge in [-0.1, -0.05) is 12.1 Å². The number of carbonyl (C=O) groups excluding carboxylic acids is 1. The third-order valence-electron chi connectivity index (χ3n) is 5.86. The van der Waals surface area contributed by atoms with Crippen LogP contribution < -0.4 is 20.3 Å². The minimum absolute atomic E-state index is 0.0483. The summed E-state index contributed by atoms with van der Waals surface area (Å²) in [6, 6.07) is 8.23. The molecule has 154 valence electrons. The van der Waals surface area contributed by atoms with E-state index in [-0.39, 0.29) is 18.1 Å². The summed E-state index contributed by atoms with van der Waals surface area (Å²) in [6.45, 7) is 5.67. The lowest BCUT2D eigenvalue weighted by Gasteiger charge is -2.33. The summed E-state index contributed by atoms with van der Waals surface area (Å²) < 4.78 is 5.45. The van der Waals surface area contributed by atoms with Crippen LogP contribution in [0, 0.1) is 13.8 Å². The summed E-state index contributed by atoms with van der Waals surface area (Å²) in [7, 11) is 1.69.